The lowest BCUT2D eigenvalue weighted by molar-refractivity contribution is -0.123. The predicted octanol–water partition coefficient (Wildman–Crippen LogP) is 3.08. The van der Waals surface area contributed by atoms with Crippen LogP contribution in [-0.2, 0) is 4.79 Å². The molecule has 1 aromatic carbocycles. The van der Waals surface area contributed by atoms with E-state index in [2.05, 4.69) is 31.2 Å². The second-order valence-electron chi connectivity index (χ2n) is 4.97. The fourth-order valence-corrected chi connectivity index (χ4v) is 3.34. The lowest BCUT2D eigenvalue weighted by atomic mass is 9.63. The van der Waals surface area contributed by atoms with Crippen LogP contribution in [0.3, 0.4) is 0 Å². The van der Waals surface area contributed by atoms with Gasteiger partial charge >= 0.3 is 0 Å². The summed E-state index contributed by atoms with van der Waals surface area (Å²) in [6, 6.07) is 8.62. The summed E-state index contributed by atoms with van der Waals surface area (Å²) in [5.74, 6) is 2.26. The van der Waals surface area contributed by atoms with Gasteiger partial charge in [0, 0.05) is 12.3 Å². The first-order chi connectivity index (χ1) is 7.27. The van der Waals surface area contributed by atoms with Gasteiger partial charge < -0.3 is 0 Å². The average Bonchev–Trinajstić information content (AvgIpc) is 2.46. The Kier molecular flexibility index (Phi) is 1.95. The minimum absolute atomic E-state index is 0.412. The number of ketones is 1. The molecule has 2 saturated carbocycles. The van der Waals surface area contributed by atoms with Crippen LogP contribution in [-0.4, -0.2) is 5.78 Å². The summed E-state index contributed by atoms with van der Waals surface area (Å²) < 4.78 is 0. The van der Waals surface area contributed by atoms with Crippen molar-refractivity contribution < 1.29 is 4.79 Å². The van der Waals surface area contributed by atoms with Crippen molar-refractivity contribution >= 4 is 5.78 Å². The molecule has 0 N–H and O–H groups in total. The average molecular weight is 200 g/mol. The Hall–Kier alpha value is -1.11. The molecule has 0 aromatic heterocycles. The first-order valence-electron chi connectivity index (χ1n) is 5.85. The molecule has 0 bridgehead atoms. The van der Waals surface area contributed by atoms with Crippen LogP contribution in [0.4, 0.5) is 0 Å². The molecule has 0 spiro atoms. The highest BCUT2D eigenvalue weighted by molar-refractivity contribution is 5.85. The SMILES string of the molecule is Cc1ccccc1C1CC2C(=O)CCC21. The monoisotopic (exact) mass is 200 g/mol. The predicted molar refractivity (Wildman–Crippen MR) is 59.8 cm³/mol. The number of hydrogen-bond donors (Lipinski definition) is 0. The van der Waals surface area contributed by atoms with Gasteiger partial charge in [0.2, 0.25) is 0 Å². The van der Waals surface area contributed by atoms with Gasteiger partial charge in [-0.15, -0.1) is 0 Å². The van der Waals surface area contributed by atoms with E-state index < -0.39 is 0 Å². The van der Waals surface area contributed by atoms with Gasteiger partial charge in [-0.05, 0) is 42.7 Å². The minimum Gasteiger partial charge on any atom is -0.299 e. The summed E-state index contributed by atoms with van der Waals surface area (Å²) in [4.78, 5) is 11.5. The molecule has 1 nitrogen and oxygen atoms in total. The van der Waals surface area contributed by atoms with E-state index in [9.17, 15) is 4.79 Å². The molecule has 0 amide bonds. The maximum atomic E-state index is 11.5. The van der Waals surface area contributed by atoms with E-state index in [1.165, 1.54) is 11.1 Å². The summed E-state index contributed by atoms with van der Waals surface area (Å²) in [5.41, 5.74) is 2.87. The molecular weight excluding hydrogens is 184 g/mol. The lowest BCUT2D eigenvalue weighted by Gasteiger charge is -2.40. The van der Waals surface area contributed by atoms with Crippen molar-refractivity contribution in [1.29, 1.82) is 0 Å². The third-order valence-corrected chi connectivity index (χ3v) is 4.27. The molecule has 2 aliphatic carbocycles. The Morgan fingerprint density at radius 3 is 2.73 bits per heavy atom. The van der Waals surface area contributed by atoms with Gasteiger partial charge in [0.1, 0.15) is 5.78 Å². The van der Waals surface area contributed by atoms with Crippen LogP contribution in [0.1, 0.15) is 36.3 Å². The molecule has 3 unspecified atom stereocenters. The van der Waals surface area contributed by atoms with Crippen LogP contribution in [0.25, 0.3) is 0 Å². The summed E-state index contributed by atoms with van der Waals surface area (Å²) in [7, 11) is 0. The largest absolute Gasteiger partial charge is 0.299 e. The van der Waals surface area contributed by atoms with Crippen LogP contribution in [0.5, 0.6) is 0 Å². The smallest absolute Gasteiger partial charge is 0.136 e. The standard InChI is InChI=1S/C14H16O/c1-9-4-2-3-5-10(9)12-8-13-11(12)6-7-14(13)15/h2-5,11-13H,6-8H2,1H3. The van der Waals surface area contributed by atoms with Crippen LogP contribution < -0.4 is 0 Å². The molecule has 1 heteroatoms. The third kappa shape index (κ3) is 1.26. The zero-order valence-electron chi connectivity index (χ0n) is 9.07. The number of Topliss-reactive ketones (excluding diaryl/α,β-unsaturated/α-hetero) is 1. The molecule has 78 valence electrons. The Morgan fingerprint density at radius 1 is 1.20 bits per heavy atom. The van der Waals surface area contributed by atoms with E-state index in [1.807, 2.05) is 0 Å². The summed E-state index contributed by atoms with van der Waals surface area (Å²) >= 11 is 0. The molecule has 3 rings (SSSR count). The third-order valence-electron chi connectivity index (χ3n) is 4.27. The van der Waals surface area contributed by atoms with Gasteiger partial charge in [-0.3, -0.25) is 4.79 Å². The van der Waals surface area contributed by atoms with E-state index >= 15 is 0 Å². The van der Waals surface area contributed by atoms with Gasteiger partial charge in [-0.2, -0.15) is 0 Å². The molecule has 0 aliphatic heterocycles. The van der Waals surface area contributed by atoms with Crippen molar-refractivity contribution in [1.82, 2.24) is 0 Å². The summed E-state index contributed by atoms with van der Waals surface area (Å²) in [6.45, 7) is 2.18. The highest BCUT2D eigenvalue weighted by Gasteiger charge is 2.49. The Labute approximate surface area is 90.5 Å². The van der Waals surface area contributed by atoms with Gasteiger partial charge in [-0.1, -0.05) is 24.3 Å². The normalized spacial score (nSPS) is 33.7. The second-order valence-corrected chi connectivity index (χ2v) is 4.97. The topological polar surface area (TPSA) is 17.1 Å². The number of carbonyl (C=O) groups excluding carboxylic acids is 1. The fourth-order valence-electron chi connectivity index (χ4n) is 3.34. The molecule has 15 heavy (non-hydrogen) atoms. The van der Waals surface area contributed by atoms with Crippen molar-refractivity contribution in [3.63, 3.8) is 0 Å². The molecule has 1 aromatic rings. The van der Waals surface area contributed by atoms with Crippen LogP contribution in [0, 0.1) is 18.8 Å². The molecule has 2 aliphatic rings. The number of rotatable bonds is 1. The Morgan fingerprint density at radius 2 is 2.00 bits per heavy atom. The fraction of sp³-hybridized carbons (Fsp3) is 0.500. The molecule has 0 saturated heterocycles. The van der Waals surface area contributed by atoms with E-state index in [-0.39, 0.29) is 0 Å². The molecule has 0 radical (unpaired) electrons. The Bertz CT molecular complexity index is 408. The molecule has 2 fully saturated rings. The van der Waals surface area contributed by atoms with Crippen molar-refractivity contribution in [3.05, 3.63) is 35.4 Å². The van der Waals surface area contributed by atoms with E-state index in [1.54, 1.807) is 0 Å². The number of aryl methyl sites for hydroxylation is 1. The zero-order chi connectivity index (χ0) is 10.4. The Balaban J connectivity index is 1.87. The summed E-state index contributed by atoms with van der Waals surface area (Å²) in [6.07, 6.45) is 3.06. The first-order valence-corrected chi connectivity index (χ1v) is 5.85. The molecule has 0 heterocycles. The van der Waals surface area contributed by atoms with Crippen molar-refractivity contribution in [3.8, 4) is 0 Å². The van der Waals surface area contributed by atoms with Crippen molar-refractivity contribution in [2.24, 2.45) is 11.8 Å². The number of benzene rings is 1. The van der Waals surface area contributed by atoms with E-state index in [0.29, 0.717) is 23.5 Å². The van der Waals surface area contributed by atoms with Gasteiger partial charge in [-0.25, -0.2) is 0 Å². The van der Waals surface area contributed by atoms with Gasteiger partial charge in [0.05, 0.1) is 0 Å². The van der Waals surface area contributed by atoms with Crippen molar-refractivity contribution in [2.45, 2.75) is 32.1 Å². The number of hydrogen-bond acceptors (Lipinski definition) is 1. The first kappa shape index (κ1) is 9.14. The maximum absolute atomic E-state index is 11.5. The van der Waals surface area contributed by atoms with Gasteiger partial charge in [0.25, 0.3) is 0 Å². The van der Waals surface area contributed by atoms with Gasteiger partial charge in [0.15, 0.2) is 0 Å². The maximum Gasteiger partial charge on any atom is 0.136 e. The van der Waals surface area contributed by atoms with Crippen LogP contribution >= 0.6 is 0 Å². The van der Waals surface area contributed by atoms with E-state index in [4.69, 9.17) is 0 Å². The highest BCUT2D eigenvalue weighted by atomic mass is 16.1. The molecular formula is C14H16O. The molecule has 3 atom stereocenters. The second kappa shape index (κ2) is 3.19. The van der Waals surface area contributed by atoms with Crippen LogP contribution in [0.2, 0.25) is 0 Å². The number of carbonyl (C=O) groups is 1. The number of fused-ring (bicyclic) bond motifs is 1. The highest BCUT2D eigenvalue weighted by Crippen LogP contribution is 2.54. The van der Waals surface area contributed by atoms with E-state index in [0.717, 1.165) is 19.3 Å². The van der Waals surface area contributed by atoms with Crippen molar-refractivity contribution in [2.75, 3.05) is 0 Å². The lowest BCUT2D eigenvalue weighted by Crippen LogP contribution is -2.34. The quantitative estimate of drug-likeness (QED) is 0.681. The summed E-state index contributed by atoms with van der Waals surface area (Å²) in [5, 5.41) is 0. The van der Waals surface area contributed by atoms with Crippen LogP contribution in [0.15, 0.2) is 24.3 Å². The minimum atomic E-state index is 0.412. The zero-order valence-corrected chi connectivity index (χ0v) is 9.07.